The van der Waals surface area contributed by atoms with E-state index >= 15 is 0 Å². The lowest BCUT2D eigenvalue weighted by Crippen LogP contribution is -2.50. The summed E-state index contributed by atoms with van der Waals surface area (Å²) < 4.78 is 1.01. The molecule has 0 spiro atoms. The zero-order chi connectivity index (χ0) is 11.9. The number of quaternary nitrogens is 1. The molecule has 0 saturated heterocycles. The van der Waals surface area contributed by atoms with Crippen molar-refractivity contribution in [3.05, 3.63) is 0 Å². The molecular weight excluding hydrogens is 206 g/mol. The fourth-order valence-electron chi connectivity index (χ4n) is 1.89. The van der Waals surface area contributed by atoms with Gasteiger partial charge in [-0.25, -0.2) is 0 Å². The van der Waals surface area contributed by atoms with Crippen LogP contribution in [0.25, 0.3) is 0 Å². The molecule has 4 nitrogen and oxygen atoms in total. The predicted octanol–water partition coefficient (Wildman–Crippen LogP) is 1.21. The van der Waals surface area contributed by atoms with Crippen LogP contribution in [0.4, 0.5) is 0 Å². The van der Waals surface area contributed by atoms with Crippen LogP contribution in [0.2, 0.25) is 0 Å². The maximum Gasteiger partial charge on any atom is 0.0811 e. The molecule has 0 fully saturated rings. The van der Waals surface area contributed by atoms with Crippen molar-refractivity contribution in [3.63, 3.8) is 0 Å². The Kier molecular flexibility index (Phi) is 10.2. The third-order valence-electron chi connectivity index (χ3n) is 3.38. The van der Waals surface area contributed by atoms with Gasteiger partial charge in [-0.15, -0.1) is 0 Å². The summed E-state index contributed by atoms with van der Waals surface area (Å²) in [7, 11) is 0. The Labute approximate surface area is 99.8 Å². The monoisotopic (exact) mass is 235 g/mol. The van der Waals surface area contributed by atoms with Gasteiger partial charge < -0.3 is 20.2 Å². The van der Waals surface area contributed by atoms with Gasteiger partial charge in [0, 0.05) is 12.8 Å². The minimum Gasteiger partial charge on any atom is -0.870 e. The van der Waals surface area contributed by atoms with Gasteiger partial charge in [0.15, 0.2) is 0 Å². The highest BCUT2D eigenvalue weighted by Gasteiger charge is 2.23. The Morgan fingerprint density at radius 1 is 0.875 bits per heavy atom. The molecule has 0 amide bonds. The van der Waals surface area contributed by atoms with Crippen LogP contribution in [0, 0.1) is 0 Å². The minimum absolute atomic E-state index is 0. The average Bonchev–Trinajstić information content (AvgIpc) is 2.19. The number of rotatable bonds is 8. The fraction of sp³-hybridized carbons (Fsp3) is 1.00. The van der Waals surface area contributed by atoms with Crippen molar-refractivity contribution in [2.75, 3.05) is 26.2 Å². The molecule has 4 heteroatoms. The first-order valence-corrected chi connectivity index (χ1v) is 6.17. The Hall–Kier alpha value is -0.160. The van der Waals surface area contributed by atoms with Crippen LogP contribution >= 0.6 is 0 Å². The maximum absolute atomic E-state index is 9.32. The lowest BCUT2D eigenvalue weighted by atomic mass is 10.2. The van der Waals surface area contributed by atoms with Crippen molar-refractivity contribution in [1.82, 2.24) is 0 Å². The van der Waals surface area contributed by atoms with Crippen LogP contribution in [0.1, 0.15) is 40.5 Å². The van der Waals surface area contributed by atoms with Crippen molar-refractivity contribution in [3.8, 4) is 0 Å². The molecule has 16 heavy (non-hydrogen) atoms. The molecule has 0 aliphatic rings. The molecule has 3 N–H and O–H groups in total. The summed E-state index contributed by atoms with van der Waals surface area (Å²) in [6.07, 6.45) is 1.27. The van der Waals surface area contributed by atoms with Gasteiger partial charge in [-0.05, 0) is 27.7 Å². The van der Waals surface area contributed by atoms with E-state index in [-0.39, 0.29) is 17.7 Å². The first-order chi connectivity index (χ1) is 6.95. The van der Waals surface area contributed by atoms with Gasteiger partial charge in [0.05, 0.1) is 38.4 Å². The van der Waals surface area contributed by atoms with Crippen molar-refractivity contribution >= 4 is 0 Å². The number of aliphatic hydroxyl groups excluding tert-OH is 2. The molecule has 0 aliphatic carbocycles. The largest absolute Gasteiger partial charge is 0.870 e. The number of hydrogen-bond donors (Lipinski definition) is 2. The van der Waals surface area contributed by atoms with E-state index in [1.54, 1.807) is 0 Å². The second-order valence-electron chi connectivity index (χ2n) is 4.70. The Morgan fingerprint density at radius 3 is 1.38 bits per heavy atom. The van der Waals surface area contributed by atoms with Gasteiger partial charge in [0.2, 0.25) is 0 Å². The summed E-state index contributed by atoms with van der Waals surface area (Å²) in [6.45, 7) is 12.2. The summed E-state index contributed by atoms with van der Waals surface area (Å²) in [5.74, 6) is 0. The second kappa shape index (κ2) is 8.93. The van der Waals surface area contributed by atoms with E-state index in [2.05, 4.69) is 13.8 Å². The number of hydrogen-bond acceptors (Lipinski definition) is 3. The molecular formula is C12H29NO3. The van der Waals surface area contributed by atoms with E-state index in [0.29, 0.717) is 0 Å². The molecule has 2 atom stereocenters. The summed E-state index contributed by atoms with van der Waals surface area (Å²) in [6, 6.07) is 0. The maximum atomic E-state index is 9.32. The summed E-state index contributed by atoms with van der Waals surface area (Å²) in [4.78, 5) is 0. The second-order valence-corrected chi connectivity index (χ2v) is 4.70. The van der Waals surface area contributed by atoms with Crippen molar-refractivity contribution in [1.29, 1.82) is 0 Å². The van der Waals surface area contributed by atoms with E-state index in [1.165, 1.54) is 0 Å². The standard InChI is InChI=1S/C12H28NO2.H2O/c1-5-13(6-2,9-7-11(3)14)10-8-12(4)15;/h11-12,14-15H,5-10H2,1-4H3;1H2/q+1;/p-1. The Balaban J connectivity index is 0. The van der Waals surface area contributed by atoms with Gasteiger partial charge in [0.1, 0.15) is 0 Å². The van der Waals surface area contributed by atoms with Gasteiger partial charge in [-0.2, -0.15) is 0 Å². The van der Waals surface area contributed by atoms with Crippen molar-refractivity contribution < 1.29 is 20.2 Å². The Morgan fingerprint density at radius 2 is 1.19 bits per heavy atom. The average molecular weight is 235 g/mol. The van der Waals surface area contributed by atoms with Gasteiger partial charge in [-0.1, -0.05) is 0 Å². The van der Waals surface area contributed by atoms with E-state index in [1.807, 2.05) is 13.8 Å². The highest BCUT2D eigenvalue weighted by molar-refractivity contribution is 4.51. The van der Waals surface area contributed by atoms with Crippen LogP contribution in [0.5, 0.6) is 0 Å². The Bertz CT molecular complexity index is 142. The molecule has 0 heterocycles. The van der Waals surface area contributed by atoms with Crippen LogP contribution < -0.4 is 0 Å². The van der Waals surface area contributed by atoms with E-state index in [4.69, 9.17) is 0 Å². The zero-order valence-corrected chi connectivity index (χ0v) is 11.2. The molecule has 0 radical (unpaired) electrons. The van der Waals surface area contributed by atoms with E-state index in [9.17, 15) is 10.2 Å². The van der Waals surface area contributed by atoms with Crippen molar-refractivity contribution in [2.45, 2.75) is 52.7 Å². The lowest BCUT2D eigenvalue weighted by Gasteiger charge is -2.37. The van der Waals surface area contributed by atoms with E-state index in [0.717, 1.165) is 43.5 Å². The fourth-order valence-corrected chi connectivity index (χ4v) is 1.89. The smallest absolute Gasteiger partial charge is 0.0811 e. The number of aliphatic hydroxyl groups is 2. The molecule has 0 bridgehead atoms. The van der Waals surface area contributed by atoms with Gasteiger partial charge >= 0.3 is 0 Å². The predicted molar refractivity (Wildman–Crippen MR) is 65.6 cm³/mol. The van der Waals surface area contributed by atoms with Gasteiger partial charge in [-0.3, -0.25) is 0 Å². The topological polar surface area (TPSA) is 70.5 Å². The third kappa shape index (κ3) is 7.17. The molecule has 0 saturated carbocycles. The SMILES string of the molecule is CC[N+](CC)(CCC(C)O)CCC(C)O.[OH-]. The molecule has 0 aromatic carbocycles. The van der Waals surface area contributed by atoms with Crippen molar-refractivity contribution in [2.24, 2.45) is 0 Å². The highest BCUT2D eigenvalue weighted by atomic mass is 16.3. The zero-order valence-electron chi connectivity index (χ0n) is 11.2. The molecule has 0 aromatic heterocycles. The van der Waals surface area contributed by atoms with Crippen LogP contribution in [-0.2, 0) is 0 Å². The lowest BCUT2D eigenvalue weighted by molar-refractivity contribution is -0.925. The summed E-state index contributed by atoms with van der Waals surface area (Å²) >= 11 is 0. The van der Waals surface area contributed by atoms with Crippen LogP contribution in [0.3, 0.4) is 0 Å². The normalized spacial score (nSPS) is 15.4. The molecule has 0 rings (SSSR count). The molecule has 2 unspecified atom stereocenters. The quantitative estimate of drug-likeness (QED) is 0.621. The highest BCUT2D eigenvalue weighted by Crippen LogP contribution is 2.11. The molecule has 0 aliphatic heterocycles. The minimum atomic E-state index is -0.216. The summed E-state index contributed by atoms with van der Waals surface area (Å²) in [5.41, 5.74) is 0. The molecule has 0 aromatic rings. The third-order valence-corrected chi connectivity index (χ3v) is 3.38. The van der Waals surface area contributed by atoms with E-state index < -0.39 is 0 Å². The number of nitrogens with zero attached hydrogens (tertiary/aromatic N) is 1. The van der Waals surface area contributed by atoms with Crippen LogP contribution in [0.15, 0.2) is 0 Å². The first kappa shape index (κ1) is 18.2. The summed E-state index contributed by atoms with van der Waals surface area (Å²) in [5, 5.41) is 18.6. The first-order valence-electron chi connectivity index (χ1n) is 6.17. The van der Waals surface area contributed by atoms with Gasteiger partial charge in [0.25, 0.3) is 0 Å². The van der Waals surface area contributed by atoms with Crippen LogP contribution in [-0.4, -0.2) is 58.6 Å². The molecule has 100 valence electrons.